The topological polar surface area (TPSA) is 22.1 Å². The maximum atomic E-state index is 12.1. The molecule has 0 unspecified atom stereocenters. The zero-order valence-electron chi connectivity index (χ0n) is 7.53. The Morgan fingerprint density at radius 1 is 1.53 bits per heavy atom. The van der Waals surface area contributed by atoms with Gasteiger partial charge in [0.1, 0.15) is 0 Å². The van der Waals surface area contributed by atoms with Crippen molar-refractivity contribution < 1.29 is 17.9 Å². The van der Waals surface area contributed by atoms with Crippen LogP contribution < -0.4 is 4.74 Å². The van der Waals surface area contributed by atoms with Crippen LogP contribution in [-0.2, 0) is 5.33 Å². The predicted molar refractivity (Wildman–Crippen MR) is 61.0 cm³/mol. The lowest BCUT2D eigenvalue weighted by atomic mass is 10.2. The second kappa shape index (κ2) is 4.86. The van der Waals surface area contributed by atoms with Crippen LogP contribution in [0, 0.1) is 10.5 Å². The molecule has 0 aromatic carbocycles. The van der Waals surface area contributed by atoms with E-state index in [2.05, 4.69) is 25.7 Å². The highest BCUT2D eigenvalue weighted by Gasteiger charge is 2.33. The molecule has 0 N–H and O–H groups in total. The molecule has 0 aliphatic carbocycles. The average Bonchev–Trinajstić information content (AvgIpc) is 2.11. The second-order valence-electron chi connectivity index (χ2n) is 2.69. The van der Waals surface area contributed by atoms with E-state index < -0.39 is 6.36 Å². The largest absolute Gasteiger partial charge is 0.573 e. The number of rotatable bonds is 2. The van der Waals surface area contributed by atoms with Crippen LogP contribution in [-0.4, -0.2) is 11.3 Å². The first-order chi connectivity index (χ1) is 6.85. The zero-order chi connectivity index (χ0) is 11.6. The highest BCUT2D eigenvalue weighted by atomic mass is 127. The number of pyridine rings is 1. The van der Waals surface area contributed by atoms with Gasteiger partial charge in [-0.3, -0.25) is 4.98 Å². The Kier molecular flexibility index (Phi) is 4.21. The van der Waals surface area contributed by atoms with Crippen LogP contribution in [0.25, 0.3) is 0 Å². The molecule has 1 heterocycles. The van der Waals surface area contributed by atoms with Crippen LogP contribution in [0.15, 0.2) is 6.20 Å². The van der Waals surface area contributed by atoms with E-state index in [-0.39, 0.29) is 11.4 Å². The molecule has 2 nitrogen and oxygen atoms in total. The molecule has 84 valence electrons. The van der Waals surface area contributed by atoms with Gasteiger partial charge in [-0.05, 0) is 35.1 Å². The van der Waals surface area contributed by atoms with E-state index in [9.17, 15) is 13.2 Å². The number of ether oxygens (including phenoxy) is 1. The van der Waals surface area contributed by atoms with Crippen LogP contribution in [0.4, 0.5) is 13.2 Å². The van der Waals surface area contributed by atoms with Crippen molar-refractivity contribution >= 4 is 38.5 Å². The van der Waals surface area contributed by atoms with Crippen LogP contribution in [0.5, 0.6) is 5.75 Å². The maximum Gasteiger partial charge on any atom is 0.573 e. The Labute approximate surface area is 106 Å². The number of nitrogens with zero attached hydrogens (tertiary/aromatic N) is 1. The molecule has 1 aromatic heterocycles. The van der Waals surface area contributed by atoms with Gasteiger partial charge in [0, 0.05) is 11.5 Å². The summed E-state index contributed by atoms with van der Waals surface area (Å²) in [6.45, 7) is 1.47. The molecular weight excluding hydrogens is 390 g/mol. The molecular formula is C8H6BrF3INO. The van der Waals surface area contributed by atoms with Crippen molar-refractivity contribution in [2.75, 3.05) is 0 Å². The maximum absolute atomic E-state index is 12.1. The van der Waals surface area contributed by atoms with Crippen molar-refractivity contribution in [2.45, 2.75) is 18.6 Å². The lowest BCUT2D eigenvalue weighted by molar-refractivity contribution is -0.275. The zero-order valence-corrected chi connectivity index (χ0v) is 11.3. The van der Waals surface area contributed by atoms with Crippen molar-refractivity contribution in [3.63, 3.8) is 0 Å². The fraction of sp³-hybridized carbons (Fsp3) is 0.375. The lowest BCUT2D eigenvalue weighted by Gasteiger charge is -2.14. The predicted octanol–water partition coefficient (Wildman–Crippen LogP) is 3.79. The molecule has 0 atom stereocenters. The molecule has 0 spiro atoms. The van der Waals surface area contributed by atoms with Gasteiger partial charge in [0.05, 0.1) is 9.26 Å². The standard InChI is InChI=1S/C8H6BrF3INO/c1-4-7(15-8(10,11)12)6(13)5(2-9)3-14-4/h3H,2H2,1H3. The fourth-order valence-corrected chi connectivity index (χ4v) is 2.70. The third-order valence-corrected chi connectivity index (χ3v) is 3.37. The van der Waals surface area contributed by atoms with Crippen molar-refractivity contribution in [1.29, 1.82) is 0 Å². The average molecular weight is 396 g/mol. The Morgan fingerprint density at radius 3 is 2.60 bits per heavy atom. The Bertz CT molecular complexity index is 370. The summed E-state index contributed by atoms with van der Waals surface area (Å²) in [5.41, 5.74) is 0.891. The quantitative estimate of drug-likeness (QED) is 0.561. The summed E-state index contributed by atoms with van der Waals surface area (Å²) < 4.78 is 40.6. The second-order valence-corrected chi connectivity index (χ2v) is 4.33. The fourth-order valence-electron chi connectivity index (χ4n) is 0.922. The van der Waals surface area contributed by atoms with Crippen LogP contribution in [0.2, 0.25) is 0 Å². The normalized spacial score (nSPS) is 11.6. The highest BCUT2D eigenvalue weighted by Crippen LogP contribution is 2.32. The van der Waals surface area contributed by atoms with Gasteiger partial charge in [-0.15, -0.1) is 13.2 Å². The van der Waals surface area contributed by atoms with E-state index in [0.717, 1.165) is 0 Å². The number of aromatic nitrogens is 1. The van der Waals surface area contributed by atoms with E-state index in [4.69, 9.17) is 0 Å². The van der Waals surface area contributed by atoms with E-state index >= 15 is 0 Å². The molecule has 0 saturated carbocycles. The molecule has 7 heteroatoms. The van der Waals surface area contributed by atoms with E-state index in [1.807, 2.05) is 22.6 Å². The number of hydrogen-bond donors (Lipinski definition) is 0. The third kappa shape index (κ3) is 3.47. The van der Waals surface area contributed by atoms with Gasteiger partial charge in [0.15, 0.2) is 5.75 Å². The summed E-state index contributed by atoms with van der Waals surface area (Å²) in [4.78, 5) is 3.84. The molecule has 0 saturated heterocycles. The van der Waals surface area contributed by atoms with Crippen molar-refractivity contribution in [3.8, 4) is 5.75 Å². The molecule has 1 aromatic rings. The van der Waals surface area contributed by atoms with Gasteiger partial charge >= 0.3 is 6.36 Å². The molecule has 15 heavy (non-hydrogen) atoms. The number of alkyl halides is 4. The van der Waals surface area contributed by atoms with E-state index in [0.29, 0.717) is 14.5 Å². The number of halogens is 5. The van der Waals surface area contributed by atoms with E-state index in [1.54, 1.807) is 0 Å². The van der Waals surface area contributed by atoms with Crippen molar-refractivity contribution in [1.82, 2.24) is 4.98 Å². The molecule has 0 aliphatic rings. The molecule has 0 amide bonds. The number of aryl methyl sites for hydroxylation is 1. The smallest absolute Gasteiger partial charge is 0.403 e. The Morgan fingerprint density at radius 2 is 2.13 bits per heavy atom. The van der Waals surface area contributed by atoms with Gasteiger partial charge in [0.2, 0.25) is 0 Å². The van der Waals surface area contributed by atoms with Crippen LogP contribution in [0.3, 0.4) is 0 Å². The van der Waals surface area contributed by atoms with Crippen molar-refractivity contribution in [2.24, 2.45) is 0 Å². The third-order valence-electron chi connectivity index (χ3n) is 1.59. The van der Waals surface area contributed by atoms with Crippen LogP contribution in [0.1, 0.15) is 11.3 Å². The van der Waals surface area contributed by atoms with Gasteiger partial charge in [-0.25, -0.2) is 0 Å². The summed E-state index contributed by atoms with van der Waals surface area (Å²) in [7, 11) is 0. The molecule has 0 fully saturated rings. The van der Waals surface area contributed by atoms with Gasteiger partial charge in [-0.2, -0.15) is 0 Å². The summed E-state index contributed by atoms with van der Waals surface area (Å²) >= 11 is 4.98. The summed E-state index contributed by atoms with van der Waals surface area (Å²) in [5, 5.41) is 0.437. The minimum atomic E-state index is -4.68. The van der Waals surface area contributed by atoms with E-state index in [1.165, 1.54) is 13.1 Å². The SMILES string of the molecule is Cc1ncc(CBr)c(I)c1OC(F)(F)F. The first kappa shape index (κ1) is 13.0. The van der Waals surface area contributed by atoms with Gasteiger partial charge < -0.3 is 4.74 Å². The summed E-state index contributed by atoms with van der Waals surface area (Å²) in [6, 6.07) is 0. The van der Waals surface area contributed by atoms with Crippen molar-refractivity contribution in [3.05, 3.63) is 21.0 Å². The lowest BCUT2D eigenvalue weighted by Crippen LogP contribution is -2.19. The minimum Gasteiger partial charge on any atom is -0.403 e. The Hall–Kier alpha value is -0.0500. The van der Waals surface area contributed by atoms with Gasteiger partial charge in [0.25, 0.3) is 0 Å². The van der Waals surface area contributed by atoms with Crippen LogP contribution >= 0.6 is 38.5 Å². The van der Waals surface area contributed by atoms with Gasteiger partial charge in [-0.1, -0.05) is 15.9 Å². The molecule has 1 rings (SSSR count). The summed E-state index contributed by atoms with van der Waals surface area (Å²) in [5.74, 6) is -0.222. The highest BCUT2D eigenvalue weighted by molar-refractivity contribution is 14.1. The first-order valence-corrected chi connectivity index (χ1v) is 6.01. The molecule has 0 aliphatic heterocycles. The monoisotopic (exact) mass is 395 g/mol. The molecule has 0 radical (unpaired) electrons. The Balaban J connectivity index is 3.15. The minimum absolute atomic E-state index is 0.222. The summed E-state index contributed by atoms with van der Waals surface area (Å²) in [6.07, 6.45) is -3.16. The number of hydrogen-bond acceptors (Lipinski definition) is 2. The molecule has 0 bridgehead atoms. The first-order valence-electron chi connectivity index (χ1n) is 3.81.